The van der Waals surface area contributed by atoms with Crippen LogP contribution in [0.5, 0.6) is 0 Å². The second-order valence-corrected chi connectivity index (χ2v) is 3.82. The van der Waals surface area contributed by atoms with Gasteiger partial charge in [0.05, 0.1) is 11.4 Å². The molecule has 1 N–H and O–H groups in total. The molecule has 0 aliphatic carbocycles. The molecule has 3 heteroatoms. The van der Waals surface area contributed by atoms with Crippen LogP contribution in [-0.4, -0.2) is 10.2 Å². The number of nitrogens with one attached hydrogen (secondary N) is 1. The number of nitrogens with zero attached hydrogens (tertiary/aromatic N) is 1. The number of halogens is 1. The van der Waals surface area contributed by atoms with Gasteiger partial charge in [-0.2, -0.15) is 5.10 Å². The van der Waals surface area contributed by atoms with Gasteiger partial charge in [0.2, 0.25) is 0 Å². The molecule has 72 valence electrons. The maximum Gasteiger partial charge on any atom is 0.0656 e. The Balaban J connectivity index is 2.55. The lowest BCUT2D eigenvalue weighted by Gasteiger charge is -2.02. The summed E-state index contributed by atoms with van der Waals surface area (Å²) in [4.78, 5) is 0. The summed E-state index contributed by atoms with van der Waals surface area (Å²) in [6, 6.07) is 7.86. The molecular formula is C11H11ClN2. The molecule has 2 nitrogen and oxygen atoms in total. The zero-order valence-electron chi connectivity index (χ0n) is 8.13. The average Bonchev–Trinajstić information content (AvgIpc) is 2.56. The highest BCUT2D eigenvalue weighted by atomic mass is 35.5. The van der Waals surface area contributed by atoms with Gasteiger partial charge in [0.25, 0.3) is 0 Å². The summed E-state index contributed by atoms with van der Waals surface area (Å²) in [5.41, 5.74) is 4.30. The SMILES string of the molecule is Cc1cc(-c2cc(Cl)ccc2C)[nH]n1. The van der Waals surface area contributed by atoms with E-state index < -0.39 is 0 Å². The van der Waals surface area contributed by atoms with Crippen LogP contribution in [0.3, 0.4) is 0 Å². The van der Waals surface area contributed by atoms with Crippen molar-refractivity contribution in [2.24, 2.45) is 0 Å². The molecular weight excluding hydrogens is 196 g/mol. The first-order chi connectivity index (χ1) is 6.66. The fourth-order valence-corrected chi connectivity index (χ4v) is 1.62. The fraction of sp³-hybridized carbons (Fsp3) is 0.182. The normalized spacial score (nSPS) is 10.5. The van der Waals surface area contributed by atoms with Gasteiger partial charge in [-0.05, 0) is 37.6 Å². The molecule has 0 bridgehead atoms. The summed E-state index contributed by atoms with van der Waals surface area (Å²) in [5, 5.41) is 7.82. The maximum atomic E-state index is 5.94. The van der Waals surface area contributed by atoms with Crippen LogP contribution < -0.4 is 0 Å². The van der Waals surface area contributed by atoms with Crippen molar-refractivity contribution in [3.63, 3.8) is 0 Å². The minimum absolute atomic E-state index is 0.748. The highest BCUT2D eigenvalue weighted by Gasteiger charge is 2.04. The van der Waals surface area contributed by atoms with E-state index in [0.29, 0.717) is 0 Å². The standard InChI is InChI=1S/C11H11ClN2/c1-7-3-4-9(12)6-10(7)11-5-8(2)13-14-11/h3-6H,1-2H3,(H,13,14). The molecule has 0 fully saturated rings. The molecule has 2 rings (SSSR count). The van der Waals surface area contributed by atoms with Crippen LogP contribution in [0.4, 0.5) is 0 Å². The number of H-pyrrole nitrogens is 1. The van der Waals surface area contributed by atoms with E-state index in [1.165, 1.54) is 5.56 Å². The largest absolute Gasteiger partial charge is 0.278 e. The van der Waals surface area contributed by atoms with Crippen molar-refractivity contribution in [2.75, 3.05) is 0 Å². The molecule has 0 atom stereocenters. The van der Waals surface area contributed by atoms with Crippen LogP contribution in [0.1, 0.15) is 11.3 Å². The Bertz CT molecular complexity index is 460. The second-order valence-electron chi connectivity index (χ2n) is 3.38. The van der Waals surface area contributed by atoms with Crippen molar-refractivity contribution in [2.45, 2.75) is 13.8 Å². The summed E-state index contributed by atoms with van der Waals surface area (Å²) < 4.78 is 0. The highest BCUT2D eigenvalue weighted by Crippen LogP contribution is 2.25. The molecule has 0 aliphatic heterocycles. The lowest BCUT2D eigenvalue weighted by molar-refractivity contribution is 1.05. The third kappa shape index (κ3) is 1.66. The summed E-state index contributed by atoms with van der Waals surface area (Å²) in [6.07, 6.45) is 0. The number of aromatic amines is 1. The van der Waals surface area contributed by atoms with Gasteiger partial charge in [-0.1, -0.05) is 17.7 Å². The van der Waals surface area contributed by atoms with E-state index in [0.717, 1.165) is 22.0 Å². The molecule has 0 unspecified atom stereocenters. The Kier molecular flexibility index (Phi) is 2.30. The van der Waals surface area contributed by atoms with Gasteiger partial charge in [0.15, 0.2) is 0 Å². The molecule has 14 heavy (non-hydrogen) atoms. The van der Waals surface area contributed by atoms with Gasteiger partial charge in [-0.25, -0.2) is 0 Å². The topological polar surface area (TPSA) is 28.7 Å². The smallest absolute Gasteiger partial charge is 0.0656 e. The quantitative estimate of drug-likeness (QED) is 0.762. The molecule has 0 spiro atoms. The van der Waals surface area contributed by atoms with E-state index in [9.17, 15) is 0 Å². The predicted molar refractivity (Wildman–Crippen MR) is 58.5 cm³/mol. The zero-order chi connectivity index (χ0) is 10.1. The third-order valence-corrected chi connectivity index (χ3v) is 2.43. The summed E-state index contributed by atoms with van der Waals surface area (Å²) in [6.45, 7) is 4.02. The zero-order valence-corrected chi connectivity index (χ0v) is 8.89. The van der Waals surface area contributed by atoms with Crippen LogP contribution in [0, 0.1) is 13.8 Å². The van der Waals surface area contributed by atoms with Crippen molar-refractivity contribution < 1.29 is 0 Å². The molecule has 0 aliphatic rings. The molecule has 0 radical (unpaired) electrons. The molecule has 0 saturated heterocycles. The summed E-state index contributed by atoms with van der Waals surface area (Å²) in [5.74, 6) is 0. The number of rotatable bonds is 1. The minimum atomic E-state index is 0.748. The molecule has 1 aromatic carbocycles. The van der Waals surface area contributed by atoms with Crippen LogP contribution >= 0.6 is 11.6 Å². The van der Waals surface area contributed by atoms with Gasteiger partial charge in [-0.3, -0.25) is 5.10 Å². The van der Waals surface area contributed by atoms with Gasteiger partial charge >= 0.3 is 0 Å². The van der Waals surface area contributed by atoms with E-state index >= 15 is 0 Å². The first kappa shape index (κ1) is 9.28. The Labute approximate surface area is 87.9 Å². The Morgan fingerprint density at radius 2 is 2.00 bits per heavy atom. The van der Waals surface area contributed by atoms with E-state index in [4.69, 9.17) is 11.6 Å². The van der Waals surface area contributed by atoms with Crippen molar-refractivity contribution in [3.8, 4) is 11.3 Å². The summed E-state index contributed by atoms with van der Waals surface area (Å²) in [7, 11) is 0. The van der Waals surface area contributed by atoms with Gasteiger partial charge in [0, 0.05) is 10.6 Å². The second kappa shape index (κ2) is 3.46. The molecule has 1 aromatic heterocycles. The number of aryl methyl sites for hydroxylation is 2. The van der Waals surface area contributed by atoms with Gasteiger partial charge in [-0.15, -0.1) is 0 Å². The Morgan fingerprint density at radius 3 is 2.64 bits per heavy atom. The third-order valence-electron chi connectivity index (χ3n) is 2.20. The van der Waals surface area contributed by atoms with Crippen LogP contribution in [0.15, 0.2) is 24.3 Å². The average molecular weight is 207 g/mol. The molecule has 1 heterocycles. The van der Waals surface area contributed by atoms with Crippen molar-refractivity contribution in [3.05, 3.63) is 40.5 Å². The number of aromatic nitrogens is 2. The highest BCUT2D eigenvalue weighted by molar-refractivity contribution is 6.30. The van der Waals surface area contributed by atoms with Crippen molar-refractivity contribution in [1.29, 1.82) is 0 Å². The van der Waals surface area contributed by atoms with Crippen molar-refractivity contribution >= 4 is 11.6 Å². The lowest BCUT2D eigenvalue weighted by atomic mass is 10.1. The van der Waals surface area contributed by atoms with Crippen LogP contribution in [0.2, 0.25) is 5.02 Å². The van der Waals surface area contributed by atoms with E-state index in [2.05, 4.69) is 17.1 Å². The minimum Gasteiger partial charge on any atom is -0.278 e. The first-order valence-corrected chi connectivity index (χ1v) is 4.83. The Hall–Kier alpha value is -1.28. The number of hydrogen-bond donors (Lipinski definition) is 1. The van der Waals surface area contributed by atoms with E-state index in [1.54, 1.807) is 0 Å². The van der Waals surface area contributed by atoms with Crippen LogP contribution in [0.25, 0.3) is 11.3 Å². The molecule has 0 amide bonds. The van der Waals surface area contributed by atoms with E-state index in [1.807, 2.05) is 31.2 Å². The monoisotopic (exact) mass is 206 g/mol. The van der Waals surface area contributed by atoms with Gasteiger partial charge < -0.3 is 0 Å². The fourth-order valence-electron chi connectivity index (χ4n) is 1.44. The number of hydrogen-bond acceptors (Lipinski definition) is 1. The maximum absolute atomic E-state index is 5.94. The molecule has 0 saturated carbocycles. The van der Waals surface area contributed by atoms with Crippen molar-refractivity contribution in [1.82, 2.24) is 10.2 Å². The Morgan fingerprint density at radius 1 is 1.21 bits per heavy atom. The lowest BCUT2D eigenvalue weighted by Crippen LogP contribution is -1.83. The van der Waals surface area contributed by atoms with Gasteiger partial charge in [0.1, 0.15) is 0 Å². The first-order valence-electron chi connectivity index (χ1n) is 4.45. The number of benzene rings is 1. The van der Waals surface area contributed by atoms with E-state index in [-0.39, 0.29) is 0 Å². The molecule has 2 aromatic rings. The van der Waals surface area contributed by atoms with Crippen LogP contribution in [-0.2, 0) is 0 Å². The summed E-state index contributed by atoms with van der Waals surface area (Å²) >= 11 is 5.94. The predicted octanol–water partition coefficient (Wildman–Crippen LogP) is 3.35.